The second-order valence-corrected chi connectivity index (χ2v) is 37.6. The van der Waals surface area contributed by atoms with Crippen molar-refractivity contribution in [2.75, 3.05) is 31.6 Å². The first kappa shape index (κ1) is 114. The van der Waals surface area contributed by atoms with Crippen LogP contribution in [-0.2, 0) is 107 Å². The number of thioether (sulfide) groups is 1. The number of nitrogens with two attached hydrogens (primary N) is 3. The minimum absolute atomic E-state index is 0.00461. The van der Waals surface area contributed by atoms with Crippen molar-refractivity contribution in [2.24, 2.45) is 40.9 Å². The summed E-state index contributed by atoms with van der Waals surface area (Å²) in [5, 5.41) is 90.6. The fourth-order valence-corrected chi connectivity index (χ4v) is 16.3. The Balaban J connectivity index is 1.36. The number of rotatable bonds is 29. The highest BCUT2D eigenvalue weighted by molar-refractivity contribution is 8.00. The Bertz CT molecular complexity index is 5380. The minimum Gasteiger partial charge on any atom is -0.508 e. The van der Waals surface area contributed by atoms with Gasteiger partial charge in [-0.15, -0.1) is 11.8 Å². The molecule has 7 rings (SSSR count). The molecule has 0 spiro atoms. The number of aromatic hydroxyl groups is 1. The first-order chi connectivity index (χ1) is 67.2. The smallest absolute Gasteiger partial charge is 0.305 e. The van der Waals surface area contributed by atoms with Gasteiger partial charge in [-0.25, -0.2) is 0 Å². The molecule has 44 heteroatoms. The minimum atomic E-state index is -2.08. The van der Waals surface area contributed by atoms with E-state index in [1.54, 1.807) is 127 Å². The van der Waals surface area contributed by atoms with Gasteiger partial charge in [0, 0.05) is 68.7 Å². The Morgan fingerprint density at radius 2 is 0.887 bits per heavy atom. The van der Waals surface area contributed by atoms with Crippen molar-refractivity contribution in [1.82, 2.24) is 95.0 Å². The predicted molar refractivity (Wildman–Crippen MR) is 532 cm³/mol. The normalized spacial score (nSPS) is 23.1. The maximum Gasteiger partial charge on any atom is 0.305 e. The highest BCUT2D eigenvalue weighted by Gasteiger charge is 2.42. The van der Waals surface area contributed by atoms with Crippen LogP contribution >= 0.6 is 11.8 Å². The number of nitrogens with zero attached hydrogens (tertiary/aromatic N) is 1. The maximum atomic E-state index is 15.5. The van der Waals surface area contributed by atoms with E-state index in [1.165, 1.54) is 59.0 Å². The van der Waals surface area contributed by atoms with Crippen molar-refractivity contribution in [1.29, 1.82) is 10.8 Å². The number of carboxylic acids is 1. The number of aliphatic carboxylic acids is 1. The standard InChI is InChI=1S/C98H137N23O20S/c1-13-54(8)80-94(139)109-67(30-22-40-104-97(100)101)84(129)111-69(42-51(2)3)89(134)118-79(53(6)7)93(138)120-81(57(11)122)95(140)116-75(91(136)107-55(9)82(99)127)49-142-50-76(124)108-70(43-58-24-16-14-17-25-58)85(130)112-71(45-60-34-38-64(123)39-35-60)87(132)114-74(47-77(125)126)88(133)113-73(46-63-48-106-66-29-21-20-28-65(63)66)90(135)117-78(52(4)5)92(137)115-72(44-59-32-36-62(37-33-59)61-26-18-15-19-27-61)86(131)110-68(31-23-41-105-98(102)103)96(141)121(12)56(10)83(128)119-80/h14-21,24-29,32-39,48,51-57,67-75,78-81,106,122-123H,13,22-23,30-31,40-47,49-50H2,1-12H3,(H2,99,127)(H,107,136)(H,108,124)(H,109,139)(H,110,131)(H,111,129)(H,112,130)(H,113,133)(H,114,132)(H,115,137)(H,116,140)(H,117,135)(H,118,134)(H,119,128)(H,120,138)(H,125,126)(H4,100,101,104)(H4,102,103,105)/t54-,55+,56+,57-,67+,68+,69+,70+,71+,72+,73+,74+,75+,78+,79+,80-,81+/m1/s1. The molecule has 0 unspecified atom stereocenters. The van der Waals surface area contributed by atoms with Crippen LogP contribution in [0.1, 0.15) is 143 Å². The fourth-order valence-electron chi connectivity index (χ4n) is 15.5. The molecule has 142 heavy (non-hydrogen) atoms. The number of aromatic nitrogens is 1. The lowest BCUT2D eigenvalue weighted by atomic mass is 9.96. The van der Waals surface area contributed by atoms with Crippen molar-refractivity contribution in [3.63, 3.8) is 0 Å². The van der Waals surface area contributed by atoms with Crippen molar-refractivity contribution in [3.8, 4) is 16.9 Å². The third-order valence-corrected chi connectivity index (χ3v) is 25.0. The van der Waals surface area contributed by atoms with Gasteiger partial charge in [0.25, 0.3) is 0 Å². The number of hydrogen-bond donors (Lipinski definition) is 25. The zero-order valence-electron chi connectivity index (χ0n) is 81.8. The highest BCUT2D eigenvalue weighted by Crippen LogP contribution is 2.25. The second kappa shape index (κ2) is 55.9. The first-order valence-electron chi connectivity index (χ1n) is 47.2. The number of likely N-dealkylation sites (N-methyl/N-ethyl adjacent to an activating group) is 1. The van der Waals surface area contributed by atoms with Crippen LogP contribution in [0.2, 0.25) is 0 Å². The topological polar surface area (TPSA) is 688 Å². The zero-order valence-corrected chi connectivity index (χ0v) is 82.6. The van der Waals surface area contributed by atoms with Crippen molar-refractivity contribution >= 4 is 135 Å². The zero-order chi connectivity index (χ0) is 105. The molecule has 1 aliphatic heterocycles. The number of amides is 16. The molecule has 2 heterocycles. The van der Waals surface area contributed by atoms with Crippen LogP contribution in [0.4, 0.5) is 0 Å². The molecule has 5 aromatic carbocycles. The Labute approximate surface area is 828 Å². The summed E-state index contributed by atoms with van der Waals surface area (Å²) in [7, 11) is 1.27. The average molecular weight is 1990 g/mol. The molecule has 43 nitrogen and oxygen atoms in total. The van der Waals surface area contributed by atoms with Gasteiger partial charge in [0.2, 0.25) is 94.5 Å². The van der Waals surface area contributed by atoms with Crippen molar-refractivity contribution < 1.29 is 96.8 Å². The van der Waals surface area contributed by atoms with Crippen LogP contribution in [-0.4, -0.2) is 266 Å². The summed E-state index contributed by atoms with van der Waals surface area (Å²) in [5.74, 6) is -22.8. The van der Waals surface area contributed by atoms with E-state index in [9.17, 15) is 58.5 Å². The molecular formula is C98H137N23O20S. The Morgan fingerprint density at radius 3 is 1.42 bits per heavy atom. The van der Waals surface area contributed by atoms with Gasteiger partial charge in [0.05, 0.1) is 18.3 Å². The van der Waals surface area contributed by atoms with E-state index >= 15 is 38.4 Å². The van der Waals surface area contributed by atoms with Crippen molar-refractivity contribution in [3.05, 3.63) is 162 Å². The lowest BCUT2D eigenvalue weighted by Crippen LogP contribution is -2.63. The molecule has 28 N–H and O–H groups in total. The predicted octanol–water partition coefficient (Wildman–Crippen LogP) is -0.517. The monoisotopic (exact) mass is 1990 g/mol. The van der Waals surface area contributed by atoms with Crippen LogP contribution in [0.5, 0.6) is 5.75 Å². The molecule has 17 atom stereocenters. The summed E-state index contributed by atoms with van der Waals surface area (Å²) < 4.78 is 0. The number of primary amides is 1. The number of para-hydroxylation sites is 1. The molecule has 770 valence electrons. The number of guanidine groups is 2. The van der Waals surface area contributed by atoms with Gasteiger partial charge < -0.3 is 127 Å². The van der Waals surface area contributed by atoms with Crippen molar-refractivity contribution in [2.45, 2.75) is 244 Å². The number of carboxylic acid groups (broad SMARTS) is 1. The molecule has 1 aliphatic rings. The number of H-pyrrole nitrogens is 1. The Hall–Kier alpha value is -14.7. The number of aromatic amines is 1. The molecule has 1 fully saturated rings. The number of benzene rings is 5. The number of aliphatic hydroxyl groups is 1. The van der Waals surface area contributed by atoms with Crippen LogP contribution in [0, 0.1) is 34.5 Å². The second-order valence-electron chi connectivity index (χ2n) is 36.5. The summed E-state index contributed by atoms with van der Waals surface area (Å²) in [5.41, 5.74) is 20.7. The van der Waals surface area contributed by atoms with Crippen LogP contribution < -0.4 is 102 Å². The molecule has 0 aliphatic carbocycles. The van der Waals surface area contributed by atoms with Gasteiger partial charge in [-0.2, -0.15) is 0 Å². The third kappa shape index (κ3) is 36.2. The summed E-state index contributed by atoms with van der Waals surface area (Å²) in [6.07, 6.45) is -2.89. The molecular weight excluding hydrogens is 1850 g/mol. The maximum absolute atomic E-state index is 15.5. The quantitative estimate of drug-likeness (QED) is 0.0160. The third-order valence-electron chi connectivity index (χ3n) is 24.0. The van der Waals surface area contributed by atoms with Gasteiger partial charge in [0.1, 0.15) is 96.4 Å². The Kier molecular flexibility index (Phi) is 45.0. The molecule has 0 saturated carbocycles. The number of carbonyl (C=O) groups excluding carboxylic acids is 16. The number of nitrogens with one attached hydrogen (secondary N) is 19. The Morgan fingerprint density at radius 1 is 0.472 bits per heavy atom. The van der Waals surface area contributed by atoms with E-state index in [-0.39, 0.29) is 88.1 Å². The molecule has 1 aromatic heterocycles. The lowest BCUT2D eigenvalue weighted by Gasteiger charge is -2.32. The van der Waals surface area contributed by atoms with Crippen LogP contribution in [0.3, 0.4) is 0 Å². The van der Waals surface area contributed by atoms with Crippen LogP contribution in [0.25, 0.3) is 22.0 Å². The number of aliphatic hydroxyl groups excluding tert-OH is 1. The number of hydrogen-bond acceptors (Lipinski definition) is 22. The summed E-state index contributed by atoms with van der Waals surface area (Å²) in [6, 6.07) is 12.4. The molecule has 0 radical (unpaired) electrons. The van der Waals surface area contributed by atoms with Gasteiger partial charge >= 0.3 is 5.97 Å². The van der Waals surface area contributed by atoms with Gasteiger partial charge in [-0.3, -0.25) is 92.3 Å². The van der Waals surface area contributed by atoms with Crippen LogP contribution in [0.15, 0.2) is 140 Å². The molecule has 0 bridgehead atoms. The average Bonchev–Trinajstić information content (AvgIpc) is 1.56. The van der Waals surface area contributed by atoms with E-state index in [0.29, 0.717) is 39.4 Å². The number of phenolic OH excluding ortho intramolecular Hbond substituents is 1. The summed E-state index contributed by atoms with van der Waals surface area (Å²) >= 11 is 0.708. The number of fused-ring (bicyclic) bond motifs is 1. The number of carbonyl (C=O) groups is 17. The molecule has 1 saturated heterocycles. The largest absolute Gasteiger partial charge is 0.508 e. The molecule has 6 aromatic rings. The number of phenols is 1. The van der Waals surface area contributed by atoms with E-state index in [2.05, 4.69) is 90.1 Å². The van der Waals surface area contributed by atoms with Gasteiger partial charge in [-0.05, 0) is 128 Å². The SMILES string of the molecule is CC[C@@H](C)[C@H]1NC(=O)[C@H](C)N(C)C(=O)[C@H](CCCNC(=N)N)NC(=O)[C@H](Cc2ccc(-c3ccccc3)cc2)NC(=O)[C@H](C(C)C)NC(=O)[C@H](Cc2c[nH]c3ccccc23)NC(=O)[C@H](CC(=O)O)NC(=O)[C@H](Cc2ccc(O)cc2)NC(=O)[C@H](Cc2ccccc2)NC(=O)CSC[C@@H](C(=O)N[C@@H](C)C(N)=O)NC(=O)[C@H]([C@@H](C)O)NC(=O)[C@H](C(C)C)NC(=O)[C@H](CC(C)C)NC(=O)[C@H](CCCNC(=N)N)NC1=O. The molecule has 16 amide bonds. The van der Waals surface area contributed by atoms with E-state index in [0.717, 1.165) is 23.0 Å². The van der Waals surface area contributed by atoms with Gasteiger partial charge in [-0.1, -0.05) is 177 Å². The summed E-state index contributed by atoms with van der Waals surface area (Å²) in [4.78, 5) is 255. The van der Waals surface area contributed by atoms with E-state index < -0.39 is 251 Å². The lowest BCUT2D eigenvalue weighted by molar-refractivity contribution is -0.143. The van der Waals surface area contributed by atoms with E-state index in [1.807, 2.05) is 30.3 Å². The summed E-state index contributed by atoms with van der Waals surface area (Å²) in [6.45, 7) is 16.7. The van der Waals surface area contributed by atoms with Gasteiger partial charge in [0.15, 0.2) is 11.9 Å². The van der Waals surface area contributed by atoms with E-state index in [4.69, 9.17) is 28.0 Å². The fraction of sp³-hybridized carbons (Fsp3) is 0.480. The first-order valence-corrected chi connectivity index (χ1v) is 48.3. The highest BCUT2D eigenvalue weighted by atomic mass is 32.2.